The van der Waals surface area contributed by atoms with E-state index in [1.165, 1.54) is 19.3 Å². The minimum absolute atomic E-state index is 0.0278. The predicted molar refractivity (Wildman–Crippen MR) is 101 cm³/mol. The summed E-state index contributed by atoms with van der Waals surface area (Å²) in [4.78, 5) is 12.9. The number of carbonyl (C=O) groups excluding carboxylic acids is 1. The lowest BCUT2D eigenvalue weighted by atomic mass is 9.51. The summed E-state index contributed by atoms with van der Waals surface area (Å²) < 4.78 is 6.93. The Kier molecular flexibility index (Phi) is 4.15. The van der Waals surface area contributed by atoms with Crippen molar-refractivity contribution in [2.24, 2.45) is 23.5 Å². The first-order valence-corrected chi connectivity index (χ1v) is 10.1. The molecule has 3 N–H and O–H groups in total. The minimum Gasteiger partial charge on any atom is -0.478 e. The Labute approximate surface area is 158 Å². The SMILES string of the molecule is CC(C)(Oc1cccc(Br)c1)C(=O)N[C@H]1[C@@H]2CC3C[C@H]1C[C@](N)(C3)C2. The molecule has 1 unspecified atom stereocenters. The summed E-state index contributed by atoms with van der Waals surface area (Å²) in [5.74, 6) is 2.49. The van der Waals surface area contributed by atoms with E-state index >= 15 is 0 Å². The zero-order chi connectivity index (χ0) is 17.8. The van der Waals surface area contributed by atoms with Crippen molar-refractivity contribution in [2.75, 3.05) is 0 Å². The maximum absolute atomic E-state index is 12.9. The van der Waals surface area contributed by atoms with Crippen molar-refractivity contribution in [1.82, 2.24) is 5.32 Å². The summed E-state index contributed by atoms with van der Waals surface area (Å²) in [6.45, 7) is 3.67. The molecule has 1 aromatic rings. The zero-order valence-corrected chi connectivity index (χ0v) is 16.5. The first kappa shape index (κ1) is 17.3. The summed E-state index contributed by atoms with van der Waals surface area (Å²) in [6.07, 6.45) is 5.72. The molecule has 0 saturated heterocycles. The van der Waals surface area contributed by atoms with Gasteiger partial charge in [0.2, 0.25) is 0 Å². The molecule has 0 spiro atoms. The third-order valence-electron chi connectivity index (χ3n) is 6.33. The molecular weight excluding hydrogens is 380 g/mol. The van der Waals surface area contributed by atoms with E-state index in [1.54, 1.807) is 0 Å². The molecule has 0 heterocycles. The topological polar surface area (TPSA) is 64.3 Å². The third kappa shape index (κ3) is 3.33. The first-order valence-electron chi connectivity index (χ1n) is 9.29. The fourth-order valence-electron chi connectivity index (χ4n) is 5.52. The molecule has 136 valence electrons. The smallest absolute Gasteiger partial charge is 0.263 e. The molecule has 1 amide bonds. The summed E-state index contributed by atoms with van der Waals surface area (Å²) in [5.41, 5.74) is 5.70. The van der Waals surface area contributed by atoms with Gasteiger partial charge in [-0.05, 0) is 81.9 Å². The minimum atomic E-state index is -0.907. The van der Waals surface area contributed by atoms with Gasteiger partial charge in [0.15, 0.2) is 5.60 Å². The Morgan fingerprint density at radius 2 is 1.96 bits per heavy atom. The van der Waals surface area contributed by atoms with E-state index in [4.69, 9.17) is 10.5 Å². The second-order valence-corrected chi connectivity index (χ2v) is 9.82. The van der Waals surface area contributed by atoms with Crippen LogP contribution in [0, 0.1) is 17.8 Å². The summed E-state index contributed by atoms with van der Waals surface area (Å²) in [6, 6.07) is 7.87. The number of nitrogens with two attached hydrogens (primary N) is 1. The van der Waals surface area contributed by atoms with Gasteiger partial charge in [-0.3, -0.25) is 4.79 Å². The zero-order valence-electron chi connectivity index (χ0n) is 14.9. The average Bonchev–Trinajstić information content (AvgIpc) is 2.48. The van der Waals surface area contributed by atoms with Crippen molar-refractivity contribution in [2.45, 2.75) is 63.1 Å². The number of hydrogen-bond acceptors (Lipinski definition) is 3. The van der Waals surface area contributed by atoms with Crippen LogP contribution in [0.3, 0.4) is 0 Å². The van der Waals surface area contributed by atoms with Crippen LogP contribution in [0.15, 0.2) is 28.7 Å². The summed E-state index contributed by atoms with van der Waals surface area (Å²) in [7, 11) is 0. The second kappa shape index (κ2) is 5.98. The number of benzene rings is 1. The van der Waals surface area contributed by atoms with Gasteiger partial charge in [-0.2, -0.15) is 0 Å². The van der Waals surface area contributed by atoms with E-state index < -0.39 is 5.60 Å². The molecule has 4 aliphatic rings. The average molecular weight is 407 g/mol. The monoisotopic (exact) mass is 406 g/mol. The maximum Gasteiger partial charge on any atom is 0.263 e. The number of amides is 1. The lowest BCUT2D eigenvalue weighted by molar-refractivity contribution is -0.138. The standard InChI is InChI=1S/C20H27BrN2O2/c1-19(2,25-16-5-3-4-15(21)8-16)18(24)23-17-13-6-12-7-14(17)11-20(22,9-12)10-13/h3-5,8,12-14,17H,6-7,9-11,22H2,1-2H3,(H,23,24)/t12?,13-,14+,17+,20+. The lowest BCUT2D eigenvalue weighted by Crippen LogP contribution is -2.66. The van der Waals surface area contributed by atoms with E-state index in [1.807, 2.05) is 38.1 Å². The van der Waals surface area contributed by atoms with Crippen LogP contribution in [-0.4, -0.2) is 23.1 Å². The Morgan fingerprint density at radius 1 is 1.28 bits per heavy atom. The second-order valence-electron chi connectivity index (χ2n) is 8.90. The first-order chi connectivity index (χ1) is 11.7. The number of rotatable bonds is 4. The highest BCUT2D eigenvalue weighted by atomic mass is 79.9. The van der Waals surface area contributed by atoms with Gasteiger partial charge in [-0.25, -0.2) is 0 Å². The van der Waals surface area contributed by atoms with Gasteiger partial charge >= 0.3 is 0 Å². The molecule has 5 atom stereocenters. The van der Waals surface area contributed by atoms with Gasteiger partial charge in [0.05, 0.1) is 0 Å². The van der Waals surface area contributed by atoms with E-state index in [0.717, 1.165) is 23.2 Å². The fraction of sp³-hybridized carbons (Fsp3) is 0.650. The third-order valence-corrected chi connectivity index (χ3v) is 6.83. The Balaban J connectivity index is 1.44. The van der Waals surface area contributed by atoms with Crippen LogP contribution < -0.4 is 15.8 Å². The molecule has 4 fully saturated rings. The molecule has 1 aromatic carbocycles. The maximum atomic E-state index is 12.9. The number of nitrogens with one attached hydrogen (secondary N) is 1. The molecule has 5 rings (SSSR count). The van der Waals surface area contributed by atoms with Gasteiger partial charge in [-0.15, -0.1) is 0 Å². The number of halogens is 1. The van der Waals surface area contributed by atoms with Crippen LogP contribution in [0.2, 0.25) is 0 Å². The van der Waals surface area contributed by atoms with Crippen molar-refractivity contribution in [3.05, 3.63) is 28.7 Å². The molecule has 4 aliphatic carbocycles. The van der Waals surface area contributed by atoms with Crippen molar-refractivity contribution < 1.29 is 9.53 Å². The highest BCUT2D eigenvalue weighted by Crippen LogP contribution is 2.54. The molecular formula is C20H27BrN2O2. The molecule has 0 aliphatic heterocycles. The molecule has 25 heavy (non-hydrogen) atoms. The van der Waals surface area contributed by atoms with Gasteiger partial charge in [0.25, 0.3) is 5.91 Å². The van der Waals surface area contributed by atoms with E-state index in [2.05, 4.69) is 21.2 Å². The largest absolute Gasteiger partial charge is 0.478 e. The van der Waals surface area contributed by atoms with Crippen LogP contribution in [0.25, 0.3) is 0 Å². The molecule has 4 nitrogen and oxygen atoms in total. The highest BCUT2D eigenvalue weighted by molar-refractivity contribution is 9.10. The summed E-state index contributed by atoms with van der Waals surface area (Å²) >= 11 is 3.44. The van der Waals surface area contributed by atoms with E-state index in [9.17, 15) is 4.79 Å². The number of hydrogen-bond donors (Lipinski definition) is 2. The molecule has 5 heteroatoms. The van der Waals surface area contributed by atoms with Gasteiger partial charge in [0, 0.05) is 16.1 Å². The fourth-order valence-corrected chi connectivity index (χ4v) is 5.90. The van der Waals surface area contributed by atoms with E-state index in [-0.39, 0.29) is 17.5 Å². The highest BCUT2D eigenvalue weighted by Gasteiger charge is 2.54. The molecule has 0 aromatic heterocycles. The molecule has 4 bridgehead atoms. The van der Waals surface area contributed by atoms with Crippen molar-refractivity contribution in [3.8, 4) is 5.75 Å². The number of ether oxygens (including phenoxy) is 1. The van der Waals surface area contributed by atoms with Gasteiger partial charge < -0.3 is 15.8 Å². The predicted octanol–water partition coefficient (Wildman–Crippen LogP) is 3.63. The van der Waals surface area contributed by atoms with Crippen LogP contribution in [-0.2, 0) is 4.79 Å². The normalized spacial score (nSPS) is 36.3. The lowest BCUT2D eigenvalue weighted by Gasteiger charge is -2.59. The Bertz CT molecular complexity index is 674. The van der Waals surface area contributed by atoms with Crippen molar-refractivity contribution >= 4 is 21.8 Å². The van der Waals surface area contributed by atoms with Crippen LogP contribution in [0.4, 0.5) is 0 Å². The Hall–Kier alpha value is -1.07. The number of carbonyl (C=O) groups is 1. The Morgan fingerprint density at radius 3 is 2.56 bits per heavy atom. The molecule has 0 radical (unpaired) electrons. The van der Waals surface area contributed by atoms with Crippen LogP contribution in [0.1, 0.15) is 46.0 Å². The molecule has 4 saturated carbocycles. The van der Waals surface area contributed by atoms with Crippen LogP contribution in [0.5, 0.6) is 5.75 Å². The van der Waals surface area contributed by atoms with Crippen LogP contribution >= 0.6 is 15.9 Å². The van der Waals surface area contributed by atoms with Crippen molar-refractivity contribution in [1.29, 1.82) is 0 Å². The van der Waals surface area contributed by atoms with Gasteiger partial charge in [-0.1, -0.05) is 22.0 Å². The van der Waals surface area contributed by atoms with Crippen molar-refractivity contribution in [3.63, 3.8) is 0 Å². The summed E-state index contributed by atoms with van der Waals surface area (Å²) in [5, 5.41) is 3.32. The van der Waals surface area contributed by atoms with E-state index in [0.29, 0.717) is 17.6 Å². The van der Waals surface area contributed by atoms with Gasteiger partial charge in [0.1, 0.15) is 5.75 Å². The quantitative estimate of drug-likeness (QED) is 0.801.